The van der Waals surface area contributed by atoms with Gasteiger partial charge < -0.3 is 10.1 Å². The highest BCUT2D eigenvalue weighted by molar-refractivity contribution is 6.32. The monoisotopic (exact) mass is 431 g/mol. The molecule has 0 atom stereocenters. The quantitative estimate of drug-likeness (QED) is 0.575. The molecule has 0 saturated carbocycles. The number of nitrogens with one attached hydrogen (secondary N) is 1. The first-order valence-corrected chi connectivity index (χ1v) is 9.95. The fraction of sp³-hybridized carbons (Fsp3) is 0.350. The third-order valence-electron chi connectivity index (χ3n) is 4.50. The zero-order valence-corrected chi connectivity index (χ0v) is 17.5. The molecule has 3 aromatic rings. The summed E-state index contributed by atoms with van der Waals surface area (Å²) in [4.78, 5) is 45.9. The summed E-state index contributed by atoms with van der Waals surface area (Å²) < 4.78 is 7.21. The number of unbranched alkanes of at least 4 members (excludes halogenated alkanes) is 1. The Morgan fingerprint density at radius 2 is 1.93 bits per heavy atom. The van der Waals surface area contributed by atoms with Crippen molar-refractivity contribution in [2.75, 3.05) is 13.2 Å². The highest BCUT2D eigenvalue weighted by Crippen LogP contribution is 2.25. The van der Waals surface area contributed by atoms with Gasteiger partial charge in [-0.15, -0.1) is 0 Å². The topological polar surface area (TPSA) is 108 Å². The molecule has 0 saturated heterocycles. The third-order valence-corrected chi connectivity index (χ3v) is 4.76. The van der Waals surface area contributed by atoms with Crippen molar-refractivity contribution in [2.45, 2.75) is 26.3 Å². The molecule has 3 rings (SSSR count). The molecule has 2 heterocycles. The van der Waals surface area contributed by atoms with E-state index in [1.54, 1.807) is 12.1 Å². The largest absolute Gasteiger partial charge is 0.450 e. The van der Waals surface area contributed by atoms with Gasteiger partial charge in [0.05, 0.1) is 6.61 Å². The van der Waals surface area contributed by atoms with E-state index in [1.807, 2.05) is 25.1 Å². The Kier molecular flexibility index (Phi) is 6.83. The minimum Gasteiger partial charge on any atom is -0.450 e. The molecule has 1 aromatic carbocycles. The number of alkyl carbamates (subject to hydrolysis) is 1. The first-order chi connectivity index (χ1) is 14.4. The first-order valence-electron chi connectivity index (χ1n) is 9.57. The summed E-state index contributed by atoms with van der Waals surface area (Å²) >= 11 is 6.27. The van der Waals surface area contributed by atoms with Crippen molar-refractivity contribution < 1.29 is 9.53 Å². The van der Waals surface area contributed by atoms with Crippen LogP contribution < -0.4 is 16.6 Å². The average Bonchev–Trinajstić information content (AvgIpc) is 2.75. The van der Waals surface area contributed by atoms with Gasteiger partial charge in [-0.25, -0.2) is 19.6 Å². The van der Waals surface area contributed by atoms with E-state index in [1.165, 1.54) is 11.6 Å². The number of halogens is 1. The maximum atomic E-state index is 12.9. The van der Waals surface area contributed by atoms with Crippen molar-refractivity contribution in [3.05, 3.63) is 56.3 Å². The van der Waals surface area contributed by atoms with Crippen LogP contribution in [0.4, 0.5) is 4.79 Å². The lowest BCUT2D eigenvalue weighted by Gasteiger charge is -2.12. The van der Waals surface area contributed by atoms with Gasteiger partial charge in [-0.3, -0.25) is 13.9 Å². The second-order valence-electron chi connectivity index (χ2n) is 6.62. The van der Waals surface area contributed by atoms with Crippen LogP contribution in [0.2, 0.25) is 5.15 Å². The van der Waals surface area contributed by atoms with Crippen LogP contribution in [0.25, 0.3) is 22.4 Å². The minimum absolute atomic E-state index is 0.0193. The normalized spacial score (nSPS) is 10.9. The first kappa shape index (κ1) is 21.5. The second-order valence-corrected chi connectivity index (χ2v) is 6.97. The maximum Gasteiger partial charge on any atom is 0.407 e. The summed E-state index contributed by atoms with van der Waals surface area (Å²) in [5.41, 5.74) is -0.0105. The Labute approximate surface area is 177 Å². The van der Waals surface area contributed by atoms with Crippen LogP contribution in [-0.4, -0.2) is 38.3 Å². The van der Waals surface area contributed by atoms with Crippen LogP contribution in [-0.2, 0) is 18.3 Å². The maximum absolute atomic E-state index is 12.9. The predicted octanol–water partition coefficient (Wildman–Crippen LogP) is 2.34. The molecule has 0 aliphatic heterocycles. The number of carbonyl (C=O) groups is 1. The standard InChI is InChI=1S/C20H22ClN5O4/c1-3-4-12-30-19(28)22-10-11-26-18(27)15-17(25(2)20(26)29)24-16(21)14(23-15)13-8-6-5-7-9-13/h5-9H,3-4,10-12H2,1-2H3,(H,22,28). The Balaban J connectivity index is 1.92. The van der Waals surface area contributed by atoms with Crippen molar-refractivity contribution in [1.29, 1.82) is 0 Å². The minimum atomic E-state index is -0.601. The van der Waals surface area contributed by atoms with Gasteiger partial charge in [0.2, 0.25) is 0 Å². The lowest BCUT2D eigenvalue weighted by molar-refractivity contribution is 0.144. The van der Waals surface area contributed by atoms with Crippen LogP contribution >= 0.6 is 11.6 Å². The second kappa shape index (κ2) is 9.53. The molecule has 0 unspecified atom stereocenters. The zero-order valence-electron chi connectivity index (χ0n) is 16.7. The molecular weight excluding hydrogens is 410 g/mol. The van der Waals surface area contributed by atoms with E-state index in [4.69, 9.17) is 16.3 Å². The molecule has 0 aliphatic carbocycles. The highest BCUT2D eigenvalue weighted by Gasteiger charge is 2.17. The van der Waals surface area contributed by atoms with Crippen molar-refractivity contribution >= 4 is 28.9 Å². The smallest absolute Gasteiger partial charge is 0.407 e. The molecule has 1 amide bonds. The number of aryl methyl sites for hydroxylation is 1. The van der Waals surface area contributed by atoms with Gasteiger partial charge in [0, 0.05) is 25.7 Å². The lowest BCUT2D eigenvalue weighted by atomic mass is 10.1. The van der Waals surface area contributed by atoms with Gasteiger partial charge >= 0.3 is 11.8 Å². The highest BCUT2D eigenvalue weighted by atomic mass is 35.5. The van der Waals surface area contributed by atoms with E-state index in [0.717, 1.165) is 17.4 Å². The van der Waals surface area contributed by atoms with Crippen LogP contribution in [0.5, 0.6) is 0 Å². The number of nitrogens with zero attached hydrogens (tertiary/aromatic N) is 4. The molecular formula is C20H22ClN5O4. The van der Waals surface area contributed by atoms with E-state index in [2.05, 4.69) is 15.3 Å². The molecule has 0 bridgehead atoms. The fourth-order valence-electron chi connectivity index (χ4n) is 2.88. The molecule has 158 valence electrons. The number of fused-ring (bicyclic) bond motifs is 1. The van der Waals surface area contributed by atoms with Gasteiger partial charge in [0.15, 0.2) is 16.3 Å². The summed E-state index contributed by atoms with van der Waals surface area (Å²) in [6.07, 6.45) is 1.08. The molecule has 1 N–H and O–H groups in total. The molecule has 0 aliphatic rings. The molecule has 9 nitrogen and oxygen atoms in total. The van der Waals surface area contributed by atoms with E-state index >= 15 is 0 Å². The van der Waals surface area contributed by atoms with Crippen LogP contribution in [0.1, 0.15) is 19.8 Å². The predicted molar refractivity (Wildman–Crippen MR) is 114 cm³/mol. The average molecular weight is 432 g/mol. The van der Waals surface area contributed by atoms with Gasteiger partial charge in [-0.1, -0.05) is 55.3 Å². The Morgan fingerprint density at radius 1 is 1.20 bits per heavy atom. The summed E-state index contributed by atoms with van der Waals surface area (Å²) in [5.74, 6) is 0. The number of hydrogen-bond donors (Lipinski definition) is 1. The number of ether oxygens (including phenoxy) is 1. The van der Waals surface area contributed by atoms with Gasteiger partial charge in [-0.05, 0) is 6.42 Å². The van der Waals surface area contributed by atoms with Crippen molar-refractivity contribution in [2.24, 2.45) is 7.05 Å². The Hall–Kier alpha value is -3.20. The third kappa shape index (κ3) is 4.51. The van der Waals surface area contributed by atoms with Gasteiger partial charge in [0.1, 0.15) is 5.69 Å². The molecule has 10 heteroatoms. The molecule has 0 radical (unpaired) electrons. The van der Waals surface area contributed by atoms with Crippen molar-refractivity contribution in [1.82, 2.24) is 24.4 Å². The lowest BCUT2D eigenvalue weighted by Crippen LogP contribution is -2.42. The molecule has 2 aromatic heterocycles. The Bertz CT molecular complexity index is 1170. The van der Waals surface area contributed by atoms with E-state index in [9.17, 15) is 14.4 Å². The fourth-order valence-corrected chi connectivity index (χ4v) is 3.11. The van der Waals surface area contributed by atoms with Gasteiger partial charge in [-0.2, -0.15) is 0 Å². The van der Waals surface area contributed by atoms with Crippen LogP contribution in [0.15, 0.2) is 39.9 Å². The number of amides is 1. The number of rotatable bonds is 7. The number of carbonyl (C=O) groups excluding carboxylic acids is 1. The van der Waals surface area contributed by atoms with E-state index < -0.39 is 17.3 Å². The molecule has 0 spiro atoms. The van der Waals surface area contributed by atoms with E-state index in [-0.39, 0.29) is 29.4 Å². The number of benzene rings is 1. The van der Waals surface area contributed by atoms with Crippen molar-refractivity contribution in [3.8, 4) is 11.3 Å². The molecule has 0 fully saturated rings. The number of aromatic nitrogens is 4. The zero-order chi connectivity index (χ0) is 21.7. The van der Waals surface area contributed by atoms with Crippen LogP contribution in [0.3, 0.4) is 0 Å². The Morgan fingerprint density at radius 3 is 2.63 bits per heavy atom. The number of hydrogen-bond acceptors (Lipinski definition) is 6. The SMILES string of the molecule is CCCCOC(=O)NCCn1c(=O)c2nc(-c3ccccc3)c(Cl)nc2n(C)c1=O. The summed E-state index contributed by atoms with van der Waals surface area (Å²) in [6.45, 7) is 2.33. The molecule has 30 heavy (non-hydrogen) atoms. The van der Waals surface area contributed by atoms with E-state index in [0.29, 0.717) is 17.9 Å². The summed E-state index contributed by atoms with van der Waals surface area (Å²) in [6, 6.07) is 9.10. The van der Waals surface area contributed by atoms with Gasteiger partial charge in [0.25, 0.3) is 5.56 Å². The summed E-state index contributed by atoms with van der Waals surface area (Å²) in [5, 5.41) is 2.63. The van der Waals surface area contributed by atoms with Crippen molar-refractivity contribution in [3.63, 3.8) is 0 Å². The van der Waals surface area contributed by atoms with Crippen LogP contribution in [0, 0.1) is 0 Å². The summed E-state index contributed by atoms with van der Waals surface area (Å²) in [7, 11) is 1.49.